The molecule has 1 heterocycles. The molecule has 1 aromatic heterocycles. The van der Waals surface area contributed by atoms with Gasteiger partial charge in [-0.15, -0.1) is 0 Å². The Morgan fingerprint density at radius 1 is 0.350 bits per heavy atom. The first-order valence-electron chi connectivity index (χ1n) is 22.8. The summed E-state index contributed by atoms with van der Waals surface area (Å²) in [6.07, 6.45) is 0. The average molecular weight is 768 g/mol. The first-order valence-corrected chi connectivity index (χ1v) is 20.3. The summed E-state index contributed by atoms with van der Waals surface area (Å²) in [4.78, 5) is 2.40. The molecular formula is C58H38N2. The van der Waals surface area contributed by atoms with E-state index < -0.39 is 6.04 Å². The van der Waals surface area contributed by atoms with Gasteiger partial charge in [0.05, 0.1) is 29.3 Å². The summed E-state index contributed by atoms with van der Waals surface area (Å²) >= 11 is 0. The Morgan fingerprint density at radius 2 is 0.933 bits per heavy atom. The molecule has 0 aliphatic heterocycles. The summed E-state index contributed by atoms with van der Waals surface area (Å²) in [7, 11) is 0. The molecular weight excluding hydrogens is 725 g/mol. The van der Waals surface area contributed by atoms with Crippen LogP contribution in [0.15, 0.2) is 230 Å². The number of hydrogen-bond acceptors (Lipinski definition) is 1. The zero-order valence-corrected chi connectivity index (χ0v) is 32.4. The van der Waals surface area contributed by atoms with Crippen LogP contribution in [0.2, 0.25) is 0 Å². The van der Waals surface area contributed by atoms with Gasteiger partial charge in [-0.25, -0.2) is 0 Å². The Labute approximate surface area is 355 Å². The highest BCUT2D eigenvalue weighted by atomic mass is 15.1. The summed E-state index contributed by atoms with van der Waals surface area (Å²) in [6.45, 7) is 0. The first kappa shape index (κ1) is 29.3. The van der Waals surface area contributed by atoms with Gasteiger partial charge in [0.15, 0.2) is 0 Å². The van der Waals surface area contributed by atoms with Gasteiger partial charge in [0.25, 0.3) is 0 Å². The fourth-order valence-electron chi connectivity index (χ4n) is 9.37. The molecule has 0 saturated heterocycles. The smallest absolute Gasteiger partial charge is 0.0629 e. The lowest BCUT2D eigenvalue weighted by Crippen LogP contribution is -2.12. The molecule has 12 aromatic rings. The van der Waals surface area contributed by atoms with Crippen molar-refractivity contribution in [2.24, 2.45) is 0 Å². The fraction of sp³-hybridized carbons (Fsp3) is 0. The first-order chi connectivity index (χ1) is 31.9. The molecule has 0 aliphatic rings. The summed E-state index contributed by atoms with van der Waals surface area (Å²) in [5.41, 5.74) is 8.74. The van der Waals surface area contributed by atoms with Crippen LogP contribution in [0.25, 0.3) is 92.8 Å². The maximum atomic E-state index is 8.78. The quantitative estimate of drug-likeness (QED) is 0.153. The second kappa shape index (κ2) is 13.9. The molecule has 0 unspecified atom stereocenters. The fourth-order valence-corrected chi connectivity index (χ4v) is 9.37. The van der Waals surface area contributed by atoms with E-state index in [-0.39, 0.29) is 29.7 Å². The van der Waals surface area contributed by atoms with Crippen molar-refractivity contribution in [2.75, 3.05) is 4.90 Å². The monoisotopic (exact) mass is 767 g/mol. The standard InChI is InChI=1S/C58H38N2/c1-2-16-39(17-3-1)41-32-34-53-52-28-11-13-30-57(52)60(58(53)37-41)43-21-14-20-42(36-43)46-23-10-12-29-55(46)59(56-31-15-19-40-18-4-5-22-45(40)56)44-33-35-51-49-26-7-6-24-47(49)48-25-8-9-27-50(48)54(51)38-44/h1-38H/i1D,2D,3D,16D,17D. The zero-order chi connectivity index (χ0) is 43.9. The lowest BCUT2D eigenvalue weighted by molar-refractivity contribution is 1.18. The topological polar surface area (TPSA) is 8.17 Å². The van der Waals surface area contributed by atoms with E-state index in [2.05, 4.69) is 179 Å². The number of nitrogens with zero attached hydrogens (tertiary/aromatic N) is 2. The van der Waals surface area contributed by atoms with Gasteiger partial charge in [-0.3, -0.25) is 0 Å². The van der Waals surface area contributed by atoms with Crippen LogP contribution < -0.4 is 4.90 Å². The van der Waals surface area contributed by atoms with E-state index >= 15 is 0 Å². The Kier molecular flexibility index (Phi) is 6.77. The minimum Gasteiger partial charge on any atom is -0.309 e. The van der Waals surface area contributed by atoms with Gasteiger partial charge < -0.3 is 9.47 Å². The van der Waals surface area contributed by atoms with Gasteiger partial charge in [-0.1, -0.05) is 182 Å². The van der Waals surface area contributed by atoms with Gasteiger partial charge in [0.1, 0.15) is 0 Å². The average Bonchev–Trinajstić information content (AvgIpc) is 3.69. The zero-order valence-electron chi connectivity index (χ0n) is 37.4. The molecule has 0 aliphatic carbocycles. The van der Waals surface area contributed by atoms with Crippen molar-refractivity contribution in [3.05, 3.63) is 230 Å². The van der Waals surface area contributed by atoms with Crippen LogP contribution in [0, 0.1) is 0 Å². The van der Waals surface area contributed by atoms with Crippen LogP contribution >= 0.6 is 0 Å². The van der Waals surface area contributed by atoms with Crippen molar-refractivity contribution in [1.82, 2.24) is 4.57 Å². The second-order valence-corrected chi connectivity index (χ2v) is 15.3. The largest absolute Gasteiger partial charge is 0.309 e. The number of benzene rings is 11. The van der Waals surface area contributed by atoms with Crippen LogP contribution in [-0.4, -0.2) is 4.57 Å². The third-order valence-corrected chi connectivity index (χ3v) is 12.0. The van der Waals surface area contributed by atoms with Gasteiger partial charge >= 0.3 is 0 Å². The molecule has 0 fully saturated rings. The van der Waals surface area contributed by atoms with E-state index in [0.717, 1.165) is 66.5 Å². The predicted octanol–water partition coefficient (Wildman–Crippen LogP) is 16.2. The highest BCUT2D eigenvalue weighted by Crippen LogP contribution is 2.46. The lowest BCUT2D eigenvalue weighted by Gasteiger charge is -2.29. The van der Waals surface area contributed by atoms with Crippen molar-refractivity contribution < 1.29 is 6.85 Å². The molecule has 2 heteroatoms. The summed E-state index contributed by atoms with van der Waals surface area (Å²) < 4.78 is 44.8. The number of fused-ring (bicyclic) bond motifs is 10. The molecule has 0 atom stereocenters. The Balaban J connectivity index is 1.08. The van der Waals surface area contributed by atoms with Crippen molar-refractivity contribution in [3.8, 4) is 27.9 Å². The predicted molar refractivity (Wildman–Crippen MR) is 256 cm³/mol. The number of anilines is 3. The molecule has 0 amide bonds. The highest BCUT2D eigenvalue weighted by molar-refractivity contribution is 6.26. The number of para-hydroxylation sites is 2. The molecule has 0 bridgehead atoms. The maximum absolute atomic E-state index is 8.78. The lowest BCUT2D eigenvalue weighted by atomic mass is 9.93. The highest BCUT2D eigenvalue weighted by Gasteiger charge is 2.21. The maximum Gasteiger partial charge on any atom is 0.0629 e. The van der Waals surface area contributed by atoms with Crippen LogP contribution in [0.5, 0.6) is 0 Å². The van der Waals surface area contributed by atoms with Crippen molar-refractivity contribution >= 4 is 82.0 Å². The van der Waals surface area contributed by atoms with Crippen molar-refractivity contribution in [2.45, 2.75) is 0 Å². The number of aromatic nitrogens is 1. The van der Waals surface area contributed by atoms with Crippen LogP contribution in [0.3, 0.4) is 0 Å². The summed E-state index contributed by atoms with van der Waals surface area (Å²) in [5.74, 6) is 0. The molecule has 11 aromatic carbocycles. The van der Waals surface area contributed by atoms with E-state index in [1.54, 1.807) is 0 Å². The normalized spacial score (nSPS) is 12.8. The van der Waals surface area contributed by atoms with Gasteiger partial charge in [-0.2, -0.15) is 0 Å². The van der Waals surface area contributed by atoms with E-state index in [0.29, 0.717) is 5.56 Å². The van der Waals surface area contributed by atoms with Crippen LogP contribution in [0.1, 0.15) is 6.85 Å². The second-order valence-electron chi connectivity index (χ2n) is 15.3. The number of hydrogen-bond donors (Lipinski definition) is 0. The molecule has 280 valence electrons. The van der Waals surface area contributed by atoms with Crippen LogP contribution in [0.4, 0.5) is 17.1 Å². The summed E-state index contributed by atoms with van der Waals surface area (Å²) in [6, 6.07) is 69.1. The Morgan fingerprint density at radius 3 is 1.73 bits per heavy atom. The van der Waals surface area contributed by atoms with E-state index in [1.165, 1.54) is 32.3 Å². The molecule has 12 rings (SSSR count). The van der Waals surface area contributed by atoms with Crippen LogP contribution in [-0.2, 0) is 0 Å². The van der Waals surface area contributed by atoms with E-state index in [9.17, 15) is 0 Å². The number of rotatable bonds is 6. The third-order valence-electron chi connectivity index (χ3n) is 12.0. The minimum absolute atomic E-state index is 0.181. The van der Waals surface area contributed by atoms with Crippen molar-refractivity contribution in [1.29, 1.82) is 0 Å². The Hall–Kier alpha value is -7.94. The summed E-state index contributed by atoms with van der Waals surface area (Å²) in [5, 5.41) is 11.7. The van der Waals surface area contributed by atoms with Gasteiger partial charge in [0, 0.05) is 33.1 Å². The minimum atomic E-state index is -0.405. The molecule has 0 spiro atoms. The Bertz CT molecular complexity index is 3860. The third kappa shape index (κ3) is 5.42. The van der Waals surface area contributed by atoms with Gasteiger partial charge in [-0.05, 0) is 103 Å². The molecule has 0 radical (unpaired) electrons. The molecule has 0 N–H and O–H groups in total. The molecule has 2 nitrogen and oxygen atoms in total. The van der Waals surface area contributed by atoms with Gasteiger partial charge in [0.2, 0.25) is 0 Å². The SMILES string of the molecule is [2H]c1c([2H])c([2H])c(-c2ccc3c4ccccc4n(-c4cccc(-c5ccccc5N(c5ccc6c7ccccc7c7ccccc7c6c5)c5cccc6ccccc56)c4)c3c2)c([2H])c1[2H]. The molecule has 0 saturated carbocycles. The van der Waals surface area contributed by atoms with E-state index in [1.807, 2.05) is 30.3 Å². The van der Waals surface area contributed by atoms with Crippen molar-refractivity contribution in [3.63, 3.8) is 0 Å². The van der Waals surface area contributed by atoms with E-state index in [4.69, 9.17) is 6.85 Å². The molecule has 60 heavy (non-hydrogen) atoms.